The number of thioether (sulfide) groups is 1. The number of carbonyl (C=O) groups is 3. The van der Waals surface area contributed by atoms with Gasteiger partial charge in [0.15, 0.2) is 17.6 Å². The van der Waals surface area contributed by atoms with E-state index in [0.717, 1.165) is 40.4 Å². The molecule has 1 aliphatic rings. The highest BCUT2D eigenvalue weighted by atomic mass is 35.5. The number of hydrogen-bond acceptors (Lipinski definition) is 11. The fraction of sp³-hybridized carbons (Fsp3) is 0.325. The molecule has 54 heavy (non-hydrogen) atoms. The molecule has 0 bridgehead atoms. The number of nitrogens with zero attached hydrogens (tertiary/aromatic N) is 1. The van der Waals surface area contributed by atoms with Crippen LogP contribution in [-0.4, -0.2) is 54.2 Å². The number of phenolic OH excluding ortho intramolecular Hbond substituents is 1. The van der Waals surface area contributed by atoms with Crippen molar-refractivity contribution in [2.45, 2.75) is 60.5 Å². The molecule has 0 saturated carbocycles. The van der Waals surface area contributed by atoms with E-state index in [9.17, 15) is 19.5 Å². The molecule has 0 aromatic heterocycles. The van der Waals surface area contributed by atoms with E-state index in [4.69, 9.17) is 25.8 Å². The molecule has 288 valence electrons. The minimum absolute atomic E-state index is 0.0450. The summed E-state index contributed by atoms with van der Waals surface area (Å²) in [5, 5.41) is 13.4. The first kappa shape index (κ1) is 41.6. The van der Waals surface area contributed by atoms with Gasteiger partial charge in [0.25, 0.3) is 5.91 Å². The van der Waals surface area contributed by atoms with Gasteiger partial charge in [-0.05, 0) is 81.3 Å². The minimum atomic E-state index is -0.791. The molecular formula is C40H48ClN5O7S. The van der Waals surface area contributed by atoms with Gasteiger partial charge in [-0.1, -0.05) is 55.3 Å². The van der Waals surface area contributed by atoms with Gasteiger partial charge in [0.05, 0.1) is 33.3 Å². The van der Waals surface area contributed by atoms with Gasteiger partial charge in [-0.25, -0.2) is 4.79 Å². The Labute approximate surface area is 325 Å². The Morgan fingerprint density at radius 1 is 0.926 bits per heavy atom. The van der Waals surface area contributed by atoms with Crippen LogP contribution in [0.2, 0.25) is 5.02 Å². The first-order valence-electron chi connectivity index (χ1n) is 17.6. The number of para-hydroxylation sites is 2. The van der Waals surface area contributed by atoms with E-state index in [2.05, 4.69) is 28.6 Å². The number of hydrazine groups is 2. The third kappa shape index (κ3) is 11.0. The highest BCUT2D eigenvalue weighted by molar-refractivity contribution is 7.99. The summed E-state index contributed by atoms with van der Waals surface area (Å²) in [6.45, 7) is 11.5. The quantitative estimate of drug-likeness (QED) is 0.0475. The molecule has 1 atom stereocenters. The summed E-state index contributed by atoms with van der Waals surface area (Å²) >= 11 is 8.19. The lowest BCUT2D eigenvalue weighted by atomic mass is 10.1. The topological polar surface area (TPSA) is 150 Å². The number of aromatic hydroxyl groups is 1. The molecule has 2 amide bonds. The number of benzene rings is 4. The lowest BCUT2D eigenvalue weighted by molar-refractivity contribution is -0.123. The molecule has 1 aliphatic heterocycles. The summed E-state index contributed by atoms with van der Waals surface area (Å²) in [6.07, 6.45) is 0.767. The molecule has 1 unspecified atom stereocenters. The van der Waals surface area contributed by atoms with Crippen LogP contribution in [0, 0.1) is 20.8 Å². The monoisotopic (exact) mass is 777 g/mol. The number of fused-ring (bicyclic) bond motifs is 1. The van der Waals surface area contributed by atoms with Crippen molar-refractivity contribution in [3.63, 3.8) is 0 Å². The van der Waals surface area contributed by atoms with Crippen molar-refractivity contribution < 1.29 is 33.7 Å². The highest BCUT2D eigenvalue weighted by Crippen LogP contribution is 2.43. The Morgan fingerprint density at radius 3 is 2.37 bits per heavy atom. The summed E-state index contributed by atoms with van der Waals surface area (Å²) < 4.78 is 17.3. The molecule has 12 nitrogen and oxygen atoms in total. The van der Waals surface area contributed by atoms with E-state index < -0.39 is 12.0 Å². The maximum Gasteiger partial charge on any atom is 0.338 e. The van der Waals surface area contributed by atoms with Crippen molar-refractivity contribution in [3.8, 4) is 23.0 Å². The SMILES string of the molecule is CCC(Oc1ccc(C)cc1C)C(=O)Nc1cc(Oc2ccccc2N(C)C(C)=O)c(C)c(Cl)c1O.CCCSCCOC(=O)c1ccc2c(c1)NNN2. The number of hydrogen-bond donors (Lipinski definition) is 5. The van der Waals surface area contributed by atoms with Gasteiger partial charge in [-0.3, -0.25) is 9.59 Å². The number of esters is 1. The third-order valence-electron chi connectivity index (χ3n) is 8.34. The van der Waals surface area contributed by atoms with E-state index in [1.807, 2.05) is 45.0 Å². The lowest BCUT2D eigenvalue weighted by Crippen LogP contribution is -2.32. The zero-order valence-corrected chi connectivity index (χ0v) is 33.2. The third-order valence-corrected chi connectivity index (χ3v) is 9.95. The molecule has 1 heterocycles. The summed E-state index contributed by atoms with van der Waals surface area (Å²) in [6, 6.07) is 19.7. The van der Waals surface area contributed by atoms with Crippen molar-refractivity contribution in [3.05, 3.63) is 94.0 Å². The number of anilines is 4. The summed E-state index contributed by atoms with van der Waals surface area (Å²) in [7, 11) is 1.65. The number of carbonyl (C=O) groups excluding carboxylic acids is 3. The second-order valence-corrected chi connectivity index (χ2v) is 14.1. The number of halogens is 1. The van der Waals surface area contributed by atoms with Gasteiger partial charge in [0.1, 0.15) is 18.1 Å². The number of amides is 2. The van der Waals surface area contributed by atoms with Crippen molar-refractivity contribution in [2.75, 3.05) is 46.2 Å². The second-order valence-electron chi connectivity index (χ2n) is 12.5. The molecule has 0 aliphatic carbocycles. The molecule has 4 aromatic rings. The molecule has 5 N–H and O–H groups in total. The predicted molar refractivity (Wildman–Crippen MR) is 217 cm³/mol. The van der Waals surface area contributed by atoms with Gasteiger partial charge in [-0.2, -0.15) is 11.8 Å². The number of nitrogens with one attached hydrogen (secondary N) is 4. The Bertz CT molecular complexity index is 1960. The van der Waals surface area contributed by atoms with Crippen LogP contribution >= 0.6 is 23.4 Å². The zero-order valence-electron chi connectivity index (χ0n) is 31.6. The predicted octanol–water partition coefficient (Wildman–Crippen LogP) is 8.79. The van der Waals surface area contributed by atoms with E-state index in [1.54, 1.807) is 62.1 Å². The molecule has 0 saturated heterocycles. The standard InChI is InChI=1S/C28H31ClN2O5.C12H17N3O2S/c1-7-22(35-23-13-12-16(2)14-17(23)3)28(34)30-20-15-25(18(4)26(29)27(20)33)36-24-11-9-8-10-21(24)31(6)19(5)32;1-2-6-18-7-5-17-12(16)9-3-4-10-11(8-9)14-15-13-10/h8-15,22,33H,7H2,1-6H3,(H,30,34);3-4,8,13-15H,2,5-7H2,1H3. The van der Waals surface area contributed by atoms with Crippen LogP contribution in [0.25, 0.3) is 0 Å². The minimum Gasteiger partial charge on any atom is -0.504 e. The fourth-order valence-electron chi connectivity index (χ4n) is 5.21. The molecule has 4 aromatic carbocycles. The summed E-state index contributed by atoms with van der Waals surface area (Å²) in [5.74, 6) is 2.17. The molecular weight excluding hydrogens is 730 g/mol. The number of rotatable bonds is 14. The van der Waals surface area contributed by atoms with Crippen LogP contribution < -0.4 is 36.1 Å². The van der Waals surface area contributed by atoms with Crippen molar-refractivity contribution >= 4 is 63.9 Å². The Kier molecular flexibility index (Phi) is 15.3. The normalized spacial score (nSPS) is 11.9. The second kappa shape index (κ2) is 19.8. The largest absolute Gasteiger partial charge is 0.504 e. The Morgan fingerprint density at radius 2 is 1.67 bits per heavy atom. The number of ether oxygens (including phenoxy) is 3. The van der Waals surface area contributed by atoms with Crippen LogP contribution in [0.1, 0.15) is 60.7 Å². The first-order valence-corrected chi connectivity index (χ1v) is 19.1. The average Bonchev–Trinajstić information content (AvgIpc) is 3.64. The highest BCUT2D eigenvalue weighted by Gasteiger charge is 2.24. The lowest BCUT2D eigenvalue weighted by Gasteiger charge is -2.22. The zero-order chi connectivity index (χ0) is 39.4. The van der Waals surface area contributed by atoms with Crippen LogP contribution in [-0.2, 0) is 14.3 Å². The number of phenols is 1. The van der Waals surface area contributed by atoms with Crippen LogP contribution in [0.3, 0.4) is 0 Å². The van der Waals surface area contributed by atoms with E-state index in [-0.39, 0.29) is 28.3 Å². The van der Waals surface area contributed by atoms with Gasteiger partial charge in [0.2, 0.25) is 5.91 Å². The maximum absolute atomic E-state index is 13.1. The van der Waals surface area contributed by atoms with E-state index in [1.165, 1.54) is 17.9 Å². The summed E-state index contributed by atoms with van der Waals surface area (Å²) in [5.41, 5.74) is 14.1. The number of aryl methyl sites for hydroxylation is 2. The van der Waals surface area contributed by atoms with Crippen molar-refractivity contribution in [1.29, 1.82) is 0 Å². The van der Waals surface area contributed by atoms with Crippen LogP contribution in [0.5, 0.6) is 23.0 Å². The van der Waals surface area contributed by atoms with Gasteiger partial charge >= 0.3 is 5.97 Å². The molecule has 14 heteroatoms. The van der Waals surface area contributed by atoms with Gasteiger partial charge < -0.3 is 40.4 Å². The molecule has 0 spiro atoms. The fourth-order valence-corrected chi connectivity index (χ4v) is 6.10. The van der Waals surface area contributed by atoms with Crippen LogP contribution in [0.15, 0.2) is 66.7 Å². The Balaban J connectivity index is 0.000000301. The van der Waals surface area contributed by atoms with Crippen molar-refractivity contribution in [1.82, 2.24) is 5.53 Å². The van der Waals surface area contributed by atoms with Gasteiger partial charge in [0, 0.05) is 31.4 Å². The van der Waals surface area contributed by atoms with E-state index >= 15 is 0 Å². The van der Waals surface area contributed by atoms with E-state index in [0.29, 0.717) is 47.1 Å². The van der Waals surface area contributed by atoms with Crippen LogP contribution in [0.4, 0.5) is 22.7 Å². The molecule has 0 radical (unpaired) electrons. The summed E-state index contributed by atoms with van der Waals surface area (Å²) in [4.78, 5) is 38.2. The van der Waals surface area contributed by atoms with Crippen molar-refractivity contribution in [2.24, 2.45) is 0 Å². The first-order chi connectivity index (χ1) is 25.8. The smallest absolute Gasteiger partial charge is 0.338 e. The maximum atomic E-state index is 13.1. The van der Waals surface area contributed by atoms with Gasteiger partial charge in [-0.15, -0.1) is 5.53 Å². The molecule has 0 fully saturated rings. The average molecular weight is 778 g/mol. The Hall–Kier alpha value is -5.11. The molecule has 5 rings (SSSR count).